The molecule has 0 aliphatic carbocycles. The third kappa shape index (κ3) is 2.48. The van der Waals surface area contributed by atoms with E-state index < -0.39 is 0 Å². The number of aromatic nitrogens is 1. The van der Waals surface area contributed by atoms with E-state index in [2.05, 4.69) is 22.0 Å². The van der Waals surface area contributed by atoms with E-state index in [0.29, 0.717) is 11.3 Å². The van der Waals surface area contributed by atoms with Crippen LogP contribution in [0.1, 0.15) is 51.5 Å². The Bertz CT molecular complexity index is 789. The van der Waals surface area contributed by atoms with Crippen molar-refractivity contribution in [2.75, 3.05) is 11.4 Å². The van der Waals surface area contributed by atoms with E-state index in [1.807, 2.05) is 32.9 Å². The molecule has 3 rings (SSSR count). The van der Waals surface area contributed by atoms with Gasteiger partial charge in [0.1, 0.15) is 0 Å². The number of benzene rings is 1. The Morgan fingerprint density at radius 3 is 2.57 bits per heavy atom. The number of ketones is 2. The molecular formula is C19H22N2O2. The molecule has 120 valence electrons. The maximum absolute atomic E-state index is 13.0. The van der Waals surface area contributed by atoms with Crippen LogP contribution in [-0.2, 0) is 6.42 Å². The van der Waals surface area contributed by atoms with Gasteiger partial charge in [0.15, 0.2) is 5.78 Å². The molecule has 4 heteroatoms. The van der Waals surface area contributed by atoms with E-state index in [1.165, 1.54) is 12.5 Å². The number of carbonyl (C=O) groups excluding carboxylic acids is 2. The number of hydrogen-bond donors (Lipinski definition) is 1. The van der Waals surface area contributed by atoms with Gasteiger partial charge in [0.25, 0.3) is 0 Å². The zero-order valence-corrected chi connectivity index (χ0v) is 14.1. The zero-order valence-electron chi connectivity index (χ0n) is 14.1. The monoisotopic (exact) mass is 310 g/mol. The molecule has 2 heterocycles. The van der Waals surface area contributed by atoms with Crippen molar-refractivity contribution in [1.29, 1.82) is 0 Å². The van der Waals surface area contributed by atoms with Crippen molar-refractivity contribution in [3.63, 3.8) is 0 Å². The summed E-state index contributed by atoms with van der Waals surface area (Å²) in [4.78, 5) is 30.0. The summed E-state index contributed by atoms with van der Waals surface area (Å²) in [7, 11) is 0. The molecule has 0 fully saturated rings. The summed E-state index contributed by atoms with van der Waals surface area (Å²) >= 11 is 0. The predicted octanol–water partition coefficient (Wildman–Crippen LogP) is 3.47. The first-order valence-electron chi connectivity index (χ1n) is 8.00. The number of anilines is 1. The van der Waals surface area contributed by atoms with E-state index >= 15 is 0 Å². The third-order valence-electron chi connectivity index (χ3n) is 4.81. The lowest BCUT2D eigenvalue weighted by atomic mass is 10.0. The third-order valence-corrected chi connectivity index (χ3v) is 4.81. The number of para-hydroxylation sites is 1. The number of nitrogens with one attached hydrogen (secondary N) is 1. The molecule has 0 bridgehead atoms. The maximum atomic E-state index is 13.0. The molecule has 1 aromatic carbocycles. The number of rotatable bonds is 4. The van der Waals surface area contributed by atoms with Crippen molar-refractivity contribution in [2.24, 2.45) is 0 Å². The summed E-state index contributed by atoms with van der Waals surface area (Å²) in [6, 6.07) is 7.97. The lowest BCUT2D eigenvalue weighted by molar-refractivity contribution is 0.0959. The fourth-order valence-electron chi connectivity index (χ4n) is 3.64. The first-order chi connectivity index (χ1) is 10.9. The number of carbonyl (C=O) groups is 2. The molecule has 0 amide bonds. The van der Waals surface area contributed by atoms with Gasteiger partial charge in [-0.1, -0.05) is 18.2 Å². The topological polar surface area (TPSA) is 53.2 Å². The van der Waals surface area contributed by atoms with Crippen LogP contribution in [0.15, 0.2) is 24.3 Å². The molecule has 4 nitrogen and oxygen atoms in total. The fraction of sp³-hybridized carbons (Fsp3) is 0.368. The number of fused-ring (bicyclic) bond motifs is 1. The Hall–Kier alpha value is -2.36. The van der Waals surface area contributed by atoms with Crippen LogP contribution in [-0.4, -0.2) is 29.1 Å². The molecule has 0 saturated carbocycles. The summed E-state index contributed by atoms with van der Waals surface area (Å²) in [5.74, 6) is 0.0317. The van der Waals surface area contributed by atoms with Gasteiger partial charge in [-0.15, -0.1) is 0 Å². The molecule has 0 radical (unpaired) electrons. The second-order valence-corrected chi connectivity index (χ2v) is 6.29. The van der Waals surface area contributed by atoms with Crippen molar-refractivity contribution in [2.45, 2.75) is 40.2 Å². The minimum atomic E-state index is -0.254. The molecule has 1 aliphatic heterocycles. The second-order valence-electron chi connectivity index (χ2n) is 6.29. The largest absolute Gasteiger partial charge is 0.361 e. The highest BCUT2D eigenvalue weighted by Gasteiger charge is 2.30. The average molecular weight is 310 g/mol. The fourth-order valence-corrected chi connectivity index (χ4v) is 3.64. The molecule has 2 aromatic rings. The van der Waals surface area contributed by atoms with Crippen molar-refractivity contribution in [1.82, 2.24) is 4.98 Å². The van der Waals surface area contributed by atoms with Gasteiger partial charge in [-0.2, -0.15) is 0 Å². The van der Waals surface area contributed by atoms with Crippen molar-refractivity contribution >= 4 is 17.3 Å². The Labute approximate surface area is 136 Å². The van der Waals surface area contributed by atoms with Gasteiger partial charge < -0.3 is 9.88 Å². The van der Waals surface area contributed by atoms with Gasteiger partial charge in [-0.05, 0) is 51.3 Å². The number of Topliss-reactive ketones (excluding diaryl/α,β-unsaturated/α-hetero) is 2. The predicted molar refractivity (Wildman–Crippen MR) is 91.6 cm³/mol. The molecule has 1 aromatic heterocycles. The summed E-state index contributed by atoms with van der Waals surface area (Å²) in [6.45, 7) is 8.02. The van der Waals surface area contributed by atoms with Gasteiger partial charge >= 0.3 is 0 Å². The second kappa shape index (κ2) is 5.69. The molecule has 23 heavy (non-hydrogen) atoms. The Balaban J connectivity index is 1.93. The Kier molecular flexibility index (Phi) is 3.84. The van der Waals surface area contributed by atoms with Gasteiger partial charge in [0, 0.05) is 23.5 Å². The molecule has 1 N–H and O–H groups in total. The summed E-state index contributed by atoms with van der Waals surface area (Å²) in [6.07, 6.45) is 0.967. The summed E-state index contributed by atoms with van der Waals surface area (Å²) in [5.41, 5.74) is 5.16. The van der Waals surface area contributed by atoms with Crippen LogP contribution < -0.4 is 4.90 Å². The van der Waals surface area contributed by atoms with E-state index in [1.54, 1.807) is 0 Å². The minimum Gasteiger partial charge on any atom is -0.361 e. The Morgan fingerprint density at radius 2 is 1.91 bits per heavy atom. The van der Waals surface area contributed by atoms with Gasteiger partial charge in [0.2, 0.25) is 5.78 Å². The van der Waals surface area contributed by atoms with Crippen LogP contribution in [0.2, 0.25) is 0 Å². The summed E-state index contributed by atoms with van der Waals surface area (Å²) < 4.78 is 0. The van der Waals surface area contributed by atoms with Crippen LogP contribution in [0.4, 0.5) is 5.69 Å². The minimum absolute atomic E-state index is 0.00512. The quantitative estimate of drug-likeness (QED) is 0.880. The highest BCUT2D eigenvalue weighted by molar-refractivity contribution is 6.06. The van der Waals surface area contributed by atoms with Crippen LogP contribution in [0.5, 0.6) is 0 Å². The summed E-state index contributed by atoms with van der Waals surface area (Å²) in [5, 5.41) is 0. The smallest absolute Gasteiger partial charge is 0.201 e. The van der Waals surface area contributed by atoms with Gasteiger partial charge in [-0.25, -0.2) is 0 Å². The first kappa shape index (κ1) is 15.5. The molecule has 0 spiro atoms. The van der Waals surface area contributed by atoms with E-state index in [9.17, 15) is 9.59 Å². The van der Waals surface area contributed by atoms with Crippen LogP contribution in [0, 0.1) is 13.8 Å². The number of H-pyrrole nitrogens is 1. The number of aryl methyl sites for hydroxylation is 1. The van der Waals surface area contributed by atoms with Gasteiger partial charge in [-0.3, -0.25) is 9.59 Å². The molecule has 0 unspecified atom stereocenters. The average Bonchev–Trinajstić information content (AvgIpc) is 3.06. The maximum Gasteiger partial charge on any atom is 0.201 e. The number of hydrogen-bond acceptors (Lipinski definition) is 3. The SMILES string of the molecule is CC(=O)c1c(C)[nH]c(C(=O)[C@@H](C)N2CCc3ccccc32)c1C. The van der Waals surface area contributed by atoms with Gasteiger partial charge in [0.05, 0.1) is 11.7 Å². The molecule has 0 saturated heterocycles. The Morgan fingerprint density at radius 1 is 1.22 bits per heavy atom. The van der Waals surface area contributed by atoms with Crippen molar-refractivity contribution < 1.29 is 9.59 Å². The van der Waals surface area contributed by atoms with E-state index in [4.69, 9.17) is 0 Å². The highest BCUT2D eigenvalue weighted by Crippen LogP contribution is 2.30. The zero-order chi connectivity index (χ0) is 16.7. The molecular weight excluding hydrogens is 288 g/mol. The lowest BCUT2D eigenvalue weighted by Gasteiger charge is -2.26. The number of nitrogens with zero attached hydrogens (tertiary/aromatic N) is 1. The lowest BCUT2D eigenvalue weighted by Crippen LogP contribution is -2.38. The molecule has 1 aliphatic rings. The van der Waals surface area contributed by atoms with Crippen molar-refractivity contribution in [3.8, 4) is 0 Å². The van der Waals surface area contributed by atoms with Crippen molar-refractivity contribution in [3.05, 3.63) is 52.3 Å². The van der Waals surface area contributed by atoms with E-state index in [0.717, 1.165) is 29.9 Å². The van der Waals surface area contributed by atoms with Crippen LogP contribution in [0.25, 0.3) is 0 Å². The normalized spacial score (nSPS) is 14.7. The first-order valence-corrected chi connectivity index (χ1v) is 8.00. The van der Waals surface area contributed by atoms with E-state index in [-0.39, 0.29) is 17.6 Å². The standard InChI is InChI=1S/C19H22N2O2/c1-11-17(14(4)22)12(2)20-18(11)19(23)13(3)21-10-9-15-7-5-6-8-16(15)21/h5-8,13,20H,9-10H2,1-4H3/t13-/m1/s1. The highest BCUT2D eigenvalue weighted by atomic mass is 16.1. The van der Waals surface area contributed by atoms with Crippen LogP contribution >= 0.6 is 0 Å². The number of aromatic amines is 1. The molecule has 1 atom stereocenters. The van der Waals surface area contributed by atoms with Crippen LogP contribution in [0.3, 0.4) is 0 Å².